The van der Waals surface area contributed by atoms with Crippen LogP contribution in [0, 0.1) is 0 Å². The molecule has 0 aliphatic carbocycles. The standard InChI is InChI=1S/C15H23NO3/c1-10(13-8-12(17)4-5-14(13)18)16-11-6-7-19-15(2,3)9-11/h4-5,8,10-11,16-18H,6-7,9H2,1-3H3. The van der Waals surface area contributed by atoms with Crippen molar-refractivity contribution >= 4 is 0 Å². The highest BCUT2D eigenvalue weighted by atomic mass is 16.5. The van der Waals surface area contributed by atoms with E-state index >= 15 is 0 Å². The summed E-state index contributed by atoms with van der Waals surface area (Å²) in [5, 5.41) is 22.9. The summed E-state index contributed by atoms with van der Waals surface area (Å²) in [6.07, 6.45) is 1.91. The molecule has 0 aromatic heterocycles. The normalized spacial score (nSPS) is 24.1. The van der Waals surface area contributed by atoms with Crippen LogP contribution >= 0.6 is 0 Å². The lowest BCUT2D eigenvalue weighted by molar-refractivity contribution is -0.0640. The predicted molar refractivity (Wildman–Crippen MR) is 74.4 cm³/mol. The molecule has 1 aromatic carbocycles. The first-order chi connectivity index (χ1) is 8.87. The largest absolute Gasteiger partial charge is 0.508 e. The molecule has 0 bridgehead atoms. The molecule has 1 aliphatic rings. The summed E-state index contributed by atoms with van der Waals surface area (Å²) in [5.41, 5.74) is 0.626. The Balaban J connectivity index is 2.04. The maximum Gasteiger partial charge on any atom is 0.120 e. The first-order valence-electron chi connectivity index (χ1n) is 6.79. The molecular formula is C15H23NO3. The Labute approximate surface area is 114 Å². The summed E-state index contributed by atoms with van der Waals surface area (Å²) in [6.45, 7) is 6.94. The SMILES string of the molecule is CC(NC1CCOC(C)(C)C1)c1cc(O)ccc1O. The molecule has 0 radical (unpaired) electrons. The molecule has 106 valence electrons. The van der Waals surface area contributed by atoms with Gasteiger partial charge in [-0.15, -0.1) is 0 Å². The molecule has 4 nitrogen and oxygen atoms in total. The van der Waals surface area contributed by atoms with Crippen molar-refractivity contribution < 1.29 is 14.9 Å². The van der Waals surface area contributed by atoms with Crippen LogP contribution in [-0.2, 0) is 4.74 Å². The van der Waals surface area contributed by atoms with E-state index in [2.05, 4.69) is 19.2 Å². The summed E-state index contributed by atoms with van der Waals surface area (Å²) in [6, 6.07) is 4.98. The summed E-state index contributed by atoms with van der Waals surface area (Å²) in [7, 11) is 0. The Morgan fingerprint density at radius 3 is 2.79 bits per heavy atom. The summed E-state index contributed by atoms with van der Waals surface area (Å²) >= 11 is 0. The molecular weight excluding hydrogens is 242 g/mol. The monoisotopic (exact) mass is 265 g/mol. The van der Waals surface area contributed by atoms with E-state index in [-0.39, 0.29) is 23.1 Å². The highest BCUT2D eigenvalue weighted by Crippen LogP contribution is 2.30. The fraction of sp³-hybridized carbons (Fsp3) is 0.600. The molecule has 19 heavy (non-hydrogen) atoms. The van der Waals surface area contributed by atoms with Gasteiger partial charge in [0.15, 0.2) is 0 Å². The number of phenols is 2. The number of hydrogen-bond acceptors (Lipinski definition) is 4. The second kappa shape index (κ2) is 5.39. The zero-order chi connectivity index (χ0) is 14.0. The van der Waals surface area contributed by atoms with Gasteiger partial charge in [-0.2, -0.15) is 0 Å². The molecule has 0 saturated carbocycles. The van der Waals surface area contributed by atoms with E-state index in [0.717, 1.165) is 25.0 Å². The minimum absolute atomic E-state index is 0.00833. The van der Waals surface area contributed by atoms with Gasteiger partial charge in [-0.3, -0.25) is 0 Å². The third kappa shape index (κ3) is 3.61. The smallest absolute Gasteiger partial charge is 0.120 e. The van der Waals surface area contributed by atoms with Crippen molar-refractivity contribution in [1.29, 1.82) is 0 Å². The molecule has 0 amide bonds. The Bertz CT molecular complexity index is 445. The van der Waals surface area contributed by atoms with Gasteiger partial charge in [-0.1, -0.05) is 0 Å². The van der Waals surface area contributed by atoms with Crippen LogP contribution in [0.5, 0.6) is 11.5 Å². The number of hydrogen-bond donors (Lipinski definition) is 3. The molecule has 1 aliphatic heterocycles. The van der Waals surface area contributed by atoms with Gasteiger partial charge in [-0.05, 0) is 51.8 Å². The van der Waals surface area contributed by atoms with Crippen LogP contribution in [0.1, 0.15) is 45.2 Å². The average molecular weight is 265 g/mol. The first-order valence-corrected chi connectivity index (χ1v) is 6.79. The number of ether oxygens (including phenoxy) is 1. The molecule has 2 rings (SSSR count). The molecule has 1 heterocycles. The van der Waals surface area contributed by atoms with Crippen LogP contribution in [-0.4, -0.2) is 28.5 Å². The van der Waals surface area contributed by atoms with Crippen LogP contribution in [0.25, 0.3) is 0 Å². The van der Waals surface area contributed by atoms with Gasteiger partial charge in [0, 0.05) is 24.3 Å². The summed E-state index contributed by atoms with van der Waals surface area (Å²) < 4.78 is 5.70. The second-order valence-electron chi connectivity index (χ2n) is 5.93. The quantitative estimate of drug-likeness (QED) is 0.735. The highest BCUT2D eigenvalue weighted by molar-refractivity contribution is 5.40. The topological polar surface area (TPSA) is 61.7 Å². The van der Waals surface area contributed by atoms with Crippen molar-refractivity contribution in [3.05, 3.63) is 23.8 Å². The zero-order valence-corrected chi connectivity index (χ0v) is 11.8. The lowest BCUT2D eigenvalue weighted by atomic mass is 9.93. The van der Waals surface area contributed by atoms with Gasteiger partial charge in [0.1, 0.15) is 11.5 Å². The van der Waals surface area contributed by atoms with Gasteiger partial charge in [0.05, 0.1) is 5.60 Å². The van der Waals surface area contributed by atoms with E-state index in [4.69, 9.17) is 4.74 Å². The number of phenolic OH excluding ortho intramolecular Hbond substituents is 2. The summed E-state index contributed by atoms with van der Waals surface area (Å²) in [4.78, 5) is 0. The molecule has 1 fully saturated rings. The van der Waals surface area contributed by atoms with Crippen molar-refractivity contribution in [2.45, 2.75) is 51.3 Å². The molecule has 2 unspecified atom stereocenters. The third-order valence-corrected chi connectivity index (χ3v) is 3.66. The Kier molecular flexibility index (Phi) is 4.02. The molecule has 0 spiro atoms. The lowest BCUT2D eigenvalue weighted by Gasteiger charge is -2.37. The minimum atomic E-state index is -0.101. The second-order valence-corrected chi connectivity index (χ2v) is 5.93. The number of benzene rings is 1. The zero-order valence-electron chi connectivity index (χ0n) is 11.8. The molecule has 4 heteroatoms. The van der Waals surface area contributed by atoms with Crippen molar-refractivity contribution in [2.24, 2.45) is 0 Å². The third-order valence-electron chi connectivity index (χ3n) is 3.66. The fourth-order valence-corrected chi connectivity index (χ4v) is 2.71. The van der Waals surface area contributed by atoms with E-state index in [9.17, 15) is 10.2 Å². The number of aromatic hydroxyl groups is 2. The van der Waals surface area contributed by atoms with Gasteiger partial charge < -0.3 is 20.3 Å². The molecule has 1 aromatic rings. The van der Waals surface area contributed by atoms with Gasteiger partial charge in [0.2, 0.25) is 0 Å². The fourth-order valence-electron chi connectivity index (χ4n) is 2.71. The van der Waals surface area contributed by atoms with Crippen molar-refractivity contribution in [3.8, 4) is 11.5 Å². The average Bonchev–Trinajstić information content (AvgIpc) is 2.31. The van der Waals surface area contributed by atoms with E-state index in [1.807, 2.05) is 6.92 Å². The van der Waals surface area contributed by atoms with Gasteiger partial charge >= 0.3 is 0 Å². The van der Waals surface area contributed by atoms with Crippen LogP contribution < -0.4 is 5.32 Å². The van der Waals surface area contributed by atoms with Crippen molar-refractivity contribution in [2.75, 3.05) is 6.61 Å². The first kappa shape index (κ1) is 14.2. The van der Waals surface area contributed by atoms with Gasteiger partial charge in [-0.25, -0.2) is 0 Å². The van der Waals surface area contributed by atoms with Crippen molar-refractivity contribution in [1.82, 2.24) is 5.32 Å². The molecule has 2 atom stereocenters. The number of nitrogens with one attached hydrogen (secondary N) is 1. The molecule has 3 N–H and O–H groups in total. The van der Waals surface area contributed by atoms with Crippen LogP contribution in [0.3, 0.4) is 0 Å². The van der Waals surface area contributed by atoms with E-state index in [0.29, 0.717) is 6.04 Å². The Morgan fingerprint density at radius 1 is 1.37 bits per heavy atom. The lowest BCUT2D eigenvalue weighted by Crippen LogP contribution is -2.44. The van der Waals surface area contributed by atoms with E-state index in [1.54, 1.807) is 6.07 Å². The van der Waals surface area contributed by atoms with Gasteiger partial charge in [0.25, 0.3) is 0 Å². The highest BCUT2D eigenvalue weighted by Gasteiger charge is 2.29. The molecule has 1 saturated heterocycles. The van der Waals surface area contributed by atoms with E-state index in [1.165, 1.54) is 12.1 Å². The van der Waals surface area contributed by atoms with Crippen LogP contribution in [0.15, 0.2) is 18.2 Å². The Morgan fingerprint density at radius 2 is 2.11 bits per heavy atom. The van der Waals surface area contributed by atoms with E-state index < -0.39 is 0 Å². The van der Waals surface area contributed by atoms with Crippen LogP contribution in [0.2, 0.25) is 0 Å². The maximum absolute atomic E-state index is 9.86. The Hall–Kier alpha value is -1.26. The minimum Gasteiger partial charge on any atom is -0.508 e. The maximum atomic E-state index is 9.86. The van der Waals surface area contributed by atoms with Crippen LogP contribution in [0.4, 0.5) is 0 Å². The summed E-state index contributed by atoms with van der Waals surface area (Å²) in [5.74, 6) is 0.387. The number of rotatable bonds is 3. The van der Waals surface area contributed by atoms with Crippen molar-refractivity contribution in [3.63, 3.8) is 0 Å². The predicted octanol–water partition coefficient (Wildman–Crippen LogP) is 2.71.